The van der Waals surface area contributed by atoms with E-state index in [0.29, 0.717) is 25.3 Å². The number of hydrogen-bond donors (Lipinski definition) is 1. The fourth-order valence-electron chi connectivity index (χ4n) is 3.50. The summed E-state index contributed by atoms with van der Waals surface area (Å²) in [6, 6.07) is 13.3. The van der Waals surface area contributed by atoms with Gasteiger partial charge in [-0.25, -0.2) is 0 Å². The molecule has 0 heterocycles. The van der Waals surface area contributed by atoms with Crippen LogP contribution in [0.4, 0.5) is 0 Å². The summed E-state index contributed by atoms with van der Waals surface area (Å²) in [6.07, 6.45) is 1.39. The molecule has 2 rings (SSSR count). The molecule has 5 nitrogen and oxygen atoms in total. The van der Waals surface area contributed by atoms with E-state index in [2.05, 4.69) is 11.4 Å². The maximum atomic E-state index is 13.2. The lowest BCUT2D eigenvalue weighted by atomic mass is 10.1. The van der Waals surface area contributed by atoms with Gasteiger partial charge in [0, 0.05) is 13.1 Å². The van der Waals surface area contributed by atoms with E-state index in [1.165, 1.54) is 0 Å². The lowest BCUT2D eigenvalue weighted by molar-refractivity contribution is -0.143. The summed E-state index contributed by atoms with van der Waals surface area (Å²) >= 11 is 0. The summed E-state index contributed by atoms with van der Waals surface area (Å²) in [6.45, 7) is 10.8. The smallest absolute Gasteiger partial charge is 0.261 e. The summed E-state index contributed by atoms with van der Waals surface area (Å²) in [5.41, 5.74) is 4.28. The van der Waals surface area contributed by atoms with E-state index in [1.54, 1.807) is 4.90 Å². The predicted molar refractivity (Wildman–Crippen MR) is 121 cm³/mol. The van der Waals surface area contributed by atoms with Crippen molar-refractivity contribution in [2.45, 2.75) is 60.0 Å². The number of amides is 2. The van der Waals surface area contributed by atoms with Crippen LogP contribution >= 0.6 is 0 Å². The molecule has 0 saturated heterocycles. The zero-order valence-electron chi connectivity index (χ0n) is 18.8. The van der Waals surface area contributed by atoms with Crippen molar-refractivity contribution in [3.63, 3.8) is 0 Å². The normalized spacial score (nSPS) is 11.6. The molecule has 5 heteroatoms. The highest BCUT2D eigenvalue weighted by Gasteiger charge is 2.29. The molecule has 0 saturated carbocycles. The molecule has 1 atom stereocenters. The Morgan fingerprint density at radius 1 is 1.03 bits per heavy atom. The number of aryl methyl sites for hydroxylation is 3. The summed E-state index contributed by atoms with van der Waals surface area (Å²) in [5.74, 6) is 0.351. The number of hydrogen-bond acceptors (Lipinski definition) is 3. The second kappa shape index (κ2) is 11.4. The zero-order chi connectivity index (χ0) is 22.1. The minimum absolute atomic E-state index is 0.105. The highest BCUT2D eigenvalue weighted by atomic mass is 16.5. The third-order valence-electron chi connectivity index (χ3n) is 5.09. The van der Waals surface area contributed by atoms with Crippen molar-refractivity contribution in [1.29, 1.82) is 0 Å². The van der Waals surface area contributed by atoms with Crippen molar-refractivity contribution in [2.24, 2.45) is 0 Å². The molecule has 0 aliphatic heterocycles. The first-order valence-electron chi connectivity index (χ1n) is 10.7. The van der Waals surface area contributed by atoms with Crippen molar-refractivity contribution in [2.75, 3.05) is 13.2 Å². The Kier molecular flexibility index (Phi) is 8.90. The fourth-order valence-corrected chi connectivity index (χ4v) is 3.50. The van der Waals surface area contributed by atoms with Crippen molar-refractivity contribution < 1.29 is 14.3 Å². The van der Waals surface area contributed by atoms with E-state index < -0.39 is 6.04 Å². The molecule has 1 N–H and O–H groups in total. The quantitative estimate of drug-likeness (QED) is 0.634. The van der Waals surface area contributed by atoms with E-state index in [-0.39, 0.29) is 18.4 Å². The first-order valence-corrected chi connectivity index (χ1v) is 10.7. The highest BCUT2D eigenvalue weighted by molar-refractivity contribution is 5.88. The molecular formula is C25H34N2O3. The van der Waals surface area contributed by atoms with E-state index in [0.717, 1.165) is 28.7 Å². The van der Waals surface area contributed by atoms with Gasteiger partial charge in [-0.3, -0.25) is 9.59 Å². The average Bonchev–Trinajstić information content (AvgIpc) is 2.71. The molecule has 0 aromatic heterocycles. The molecule has 2 aromatic carbocycles. The van der Waals surface area contributed by atoms with Crippen molar-refractivity contribution in [3.8, 4) is 5.75 Å². The zero-order valence-corrected chi connectivity index (χ0v) is 18.8. The molecule has 2 amide bonds. The summed E-state index contributed by atoms with van der Waals surface area (Å²) in [5, 5.41) is 2.93. The Morgan fingerprint density at radius 2 is 1.70 bits per heavy atom. The van der Waals surface area contributed by atoms with Crippen LogP contribution in [-0.2, 0) is 16.1 Å². The van der Waals surface area contributed by atoms with Gasteiger partial charge in [-0.05, 0) is 68.0 Å². The summed E-state index contributed by atoms with van der Waals surface area (Å²) in [4.78, 5) is 27.6. The monoisotopic (exact) mass is 410 g/mol. The molecule has 0 fully saturated rings. The number of rotatable bonds is 10. The van der Waals surface area contributed by atoms with Gasteiger partial charge < -0.3 is 15.0 Å². The lowest BCUT2D eigenvalue weighted by Crippen LogP contribution is -2.50. The first-order chi connectivity index (χ1) is 14.3. The van der Waals surface area contributed by atoms with Gasteiger partial charge in [-0.15, -0.1) is 0 Å². The summed E-state index contributed by atoms with van der Waals surface area (Å²) < 4.78 is 5.81. The minimum atomic E-state index is -0.536. The first kappa shape index (κ1) is 23.5. The minimum Gasteiger partial charge on any atom is -0.484 e. The molecule has 0 aliphatic rings. The van der Waals surface area contributed by atoms with Crippen LogP contribution in [0.5, 0.6) is 5.75 Å². The number of benzene rings is 2. The number of ether oxygens (including phenoxy) is 1. The number of nitrogens with one attached hydrogen (secondary N) is 1. The van der Waals surface area contributed by atoms with Crippen LogP contribution in [0.25, 0.3) is 0 Å². The molecule has 0 bridgehead atoms. The van der Waals surface area contributed by atoms with Crippen LogP contribution in [0.2, 0.25) is 0 Å². The van der Waals surface area contributed by atoms with Gasteiger partial charge in [-0.2, -0.15) is 0 Å². The Bertz CT molecular complexity index is 843. The van der Waals surface area contributed by atoms with Crippen LogP contribution in [-0.4, -0.2) is 35.9 Å². The maximum absolute atomic E-state index is 13.2. The Labute approximate surface area is 180 Å². The molecule has 2 aromatic rings. The predicted octanol–water partition coefficient (Wildman–Crippen LogP) is 4.32. The van der Waals surface area contributed by atoms with Gasteiger partial charge in [-0.1, -0.05) is 44.2 Å². The van der Waals surface area contributed by atoms with Gasteiger partial charge in [0.2, 0.25) is 5.91 Å². The van der Waals surface area contributed by atoms with Crippen LogP contribution < -0.4 is 10.1 Å². The summed E-state index contributed by atoms with van der Waals surface area (Å²) in [7, 11) is 0. The topological polar surface area (TPSA) is 58.6 Å². The van der Waals surface area contributed by atoms with Gasteiger partial charge in [0.05, 0.1) is 0 Å². The molecule has 0 unspecified atom stereocenters. The van der Waals surface area contributed by atoms with Gasteiger partial charge in [0.15, 0.2) is 6.61 Å². The van der Waals surface area contributed by atoms with Crippen LogP contribution in [0.15, 0.2) is 42.5 Å². The van der Waals surface area contributed by atoms with Crippen LogP contribution in [0.3, 0.4) is 0 Å². The van der Waals surface area contributed by atoms with E-state index in [9.17, 15) is 9.59 Å². The lowest BCUT2D eigenvalue weighted by Gasteiger charge is -2.31. The van der Waals surface area contributed by atoms with Crippen molar-refractivity contribution in [3.05, 3.63) is 64.7 Å². The average molecular weight is 411 g/mol. The number of nitrogens with zero attached hydrogens (tertiary/aromatic N) is 1. The molecular weight excluding hydrogens is 376 g/mol. The molecule has 0 aliphatic carbocycles. The highest BCUT2D eigenvalue weighted by Crippen LogP contribution is 2.18. The Morgan fingerprint density at radius 3 is 2.30 bits per heavy atom. The third-order valence-corrected chi connectivity index (χ3v) is 5.09. The van der Waals surface area contributed by atoms with E-state index in [1.807, 2.05) is 71.0 Å². The second-order valence-corrected chi connectivity index (χ2v) is 7.78. The Balaban J connectivity index is 2.22. The Hall–Kier alpha value is -2.82. The largest absolute Gasteiger partial charge is 0.484 e. The van der Waals surface area contributed by atoms with Gasteiger partial charge >= 0.3 is 0 Å². The van der Waals surface area contributed by atoms with Gasteiger partial charge in [0.25, 0.3) is 5.91 Å². The van der Waals surface area contributed by atoms with Gasteiger partial charge in [0.1, 0.15) is 11.8 Å². The standard InChI is InChI=1S/C25H34N2O3/c1-6-12-26-25(29)23(7-2)27(16-21-11-9-8-10-20(21)5)24(28)17-30-22-14-18(3)13-19(4)15-22/h8-11,13-15,23H,6-7,12,16-17H2,1-5H3,(H,26,29)/t23-/m0/s1. The SMILES string of the molecule is CCCNC(=O)[C@H](CC)N(Cc1ccccc1C)C(=O)COc1cc(C)cc(C)c1. The number of carbonyl (C=O) groups excluding carboxylic acids is 2. The van der Waals surface area contributed by atoms with Crippen LogP contribution in [0.1, 0.15) is 48.9 Å². The van der Waals surface area contributed by atoms with E-state index >= 15 is 0 Å². The fraction of sp³-hybridized carbons (Fsp3) is 0.440. The van der Waals surface area contributed by atoms with Crippen molar-refractivity contribution in [1.82, 2.24) is 10.2 Å². The molecule has 0 spiro atoms. The second-order valence-electron chi connectivity index (χ2n) is 7.78. The number of carbonyl (C=O) groups is 2. The third kappa shape index (κ3) is 6.61. The molecule has 30 heavy (non-hydrogen) atoms. The maximum Gasteiger partial charge on any atom is 0.261 e. The van der Waals surface area contributed by atoms with Crippen LogP contribution in [0, 0.1) is 20.8 Å². The van der Waals surface area contributed by atoms with E-state index in [4.69, 9.17) is 4.74 Å². The molecule has 0 radical (unpaired) electrons. The molecule has 162 valence electrons. The van der Waals surface area contributed by atoms with Crippen molar-refractivity contribution >= 4 is 11.8 Å².